The highest BCUT2D eigenvalue weighted by Crippen LogP contribution is 2.20. The highest BCUT2D eigenvalue weighted by atomic mass is 16.5. The van der Waals surface area contributed by atoms with Crippen molar-refractivity contribution in [2.45, 2.75) is 45.8 Å². The second-order valence-electron chi connectivity index (χ2n) is 6.10. The Morgan fingerprint density at radius 1 is 1.47 bits per heavy atom. The molecule has 0 bridgehead atoms. The molecule has 1 saturated heterocycles. The molecule has 0 radical (unpaired) electrons. The van der Waals surface area contributed by atoms with Crippen LogP contribution < -0.4 is 5.32 Å². The number of nitrogens with one attached hydrogen (secondary N) is 1. The first kappa shape index (κ1) is 15.8. The van der Waals surface area contributed by atoms with Gasteiger partial charge < -0.3 is 20.1 Å². The van der Waals surface area contributed by atoms with Crippen molar-refractivity contribution in [1.29, 1.82) is 0 Å². The smallest absolute Gasteiger partial charge is 0.326 e. The molecule has 6 heteroatoms. The van der Waals surface area contributed by atoms with Crippen LogP contribution in [0.4, 0.5) is 4.79 Å². The molecule has 1 aliphatic heterocycles. The van der Waals surface area contributed by atoms with E-state index in [2.05, 4.69) is 5.32 Å². The van der Waals surface area contributed by atoms with E-state index in [1.54, 1.807) is 27.8 Å². The van der Waals surface area contributed by atoms with Crippen LogP contribution in [-0.4, -0.2) is 54.4 Å². The third-order valence-electron chi connectivity index (χ3n) is 3.23. The predicted octanol–water partition coefficient (Wildman–Crippen LogP) is 1.31. The van der Waals surface area contributed by atoms with Crippen LogP contribution in [0.1, 0.15) is 33.6 Å². The average molecular weight is 272 g/mol. The SMILES string of the molecule is CN(CC1CCCO1)C(=O)N[C@@H](C(=O)O)C(C)(C)C. The number of aliphatic carboxylic acids is 1. The number of carbonyl (C=O) groups excluding carboxylic acids is 1. The summed E-state index contributed by atoms with van der Waals surface area (Å²) in [7, 11) is 1.65. The van der Waals surface area contributed by atoms with E-state index < -0.39 is 17.4 Å². The molecule has 1 fully saturated rings. The van der Waals surface area contributed by atoms with Crippen LogP contribution in [0.25, 0.3) is 0 Å². The van der Waals surface area contributed by atoms with Gasteiger partial charge in [-0.2, -0.15) is 0 Å². The van der Waals surface area contributed by atoms with Crippen LogP contribution in [0.3, 0.4) is 0 Å². The van der Waals surface area contributed by atoms with Gasteiger partial charge in [-0.05, 0) is 18.3 Å². The van der Waals surface area contributed by atoms with Crippen molar-refractivity contribution in [3.63, 3.8) is 0 Å². The van der Waals surface area contributed by atoms with E-state index in [1.807, 2.05) is 0 Å². The molecule has 0 saturated carbocycles. The molecule has 19 heavy (non-hydrogen) atoms. The van der Waals surface area contributed by atoms with Crippen LogP contribution in [0.2, 0.25) is 0 Å². The minimum atomic E-state index is -1.02. The molecule has 1 heterocycles. The molecule has 0 aromatic carbocycles. The van der Waals surface area contributed by atoms with Crippen LogP contribution in [0.5, 0.6) is 0 Å². The van der Waals surface area contributed by atoms with E-state index in [1.165, 1.54) is 4.90 Å². The van der Waals surface area contributed by atoms with Gasteiger partial charge in [-0.25, -0.2) is 9.59 Å². The number of urea groups is 1. The van der Waals surface area contributed by atoms with Crippen molar-refractivity contribution in [3.05, 3.63) is 0 Å². The normalized spacial score (nSPS) is 20.9. The summed E-state index contributed by atoms with van der Waals surface area (Å²) in [6.07, 6.45) is 2.02. The lowest BCUT2D eigenvalue weighted by atomic mass is 9.87. The number of ether oxygens (including phenoxy) is 1. The number of carboxylic acid groups (broad SMARTS) is 1. The second kappa shape index (κ2) is 6.23. The van der Waals surface area contributed by atoms with Crippen LogP contribution in [0.15, 0.2) is 0 Å². The molecular formula is C13H24N2O4. The molecular weight excluding hydrogens is 248 g/mol. The lowest BCUT2D eigenvalue weighted by Crippen LogP contribution is -2.53. The van der Waals surface area contributed by atoms with Crippen molar-refractivity contribution >= 4 is 12.0 Å². The first-order valence-corrected chi connectivity index (χ1v) is 6.58. The molecule has 1 aliphatic rings. The zero-order valence-electron chi connectivity index (χ0n) is 12.1. The van der Waals surface area contributed by atoms with Gasteiger partial charge in [0, 0.05) is 20.2 Å². The standard InChI is InChI=1S/C13H24N2O4/c1-13(2,3)10(11(16)17)14-12(18)15(4)8-9-6-5-7-19-9/h9-10H,5-8H2,1-4H3,(H,14,18)(H,16,17)/t9?,10-/m0/s1. The highest BCUT2D eigenvalue weighted by Gasteiger charge is 2.33. The van der Waals surface area contributed by atoms with E-state index in [4.69, 9.17) is 9.84 Å². The summed E-state index contributed by atoms with van der Waals surface area (Å²) in [6, 6.07) is -1.29. The molecule has 1 unspecified atom stereocenters. The number of likely N-dealkylation sites (N-methyl/N-ethyl adjacent to an activating group) is 1. The molecule has 0 aromatic heterocycles. The lowest BCUT2D eigenvalue weighted by Gasteiger charge is -2.30. The van der Waals surface area contributed by atoms with Gasteiger partial charge in [0.15, 0.2) is 0 Å². The Morgan fingerprint density at radius 2 is 2.11 bits per heavy atom. The van der Waals surface area contributed by atoms with Crippen molar-refractivity contribution in [2.75, 3.05) is 20.2 Å². The third kappa shape index (κ3) is 4.70. The van der Waals surface area contributed by atoms with Gasteiger partial charge in [-0.15, -0.1) is 0 Å². The molecule has 6 nitrogen and oxygen atoms in total. The molecule has 0 spiro atoms. The Balaban J connectivity index is 2.53. The van der Waals surface area contributed by atoms with E-state index in [9.17, 15) is 9.59 Å². The summed E-state index contributed by atoms with van der Waals surface area (Å²) in [6.45, 7) is 6.58. The Bertz CT molecular complexity index is 332. The highest BCUT2D eigenvalue weighted by molar-refractivity contribution is 5.83. The fraction of sp³-hybridized carbons (Fsp3) is 0.846. The Kier molecular flexibility index (Phi) is 5.17. The number of rotatable bonds is 4. The van der Waals surface area contributed by atoms with Gasteiger partial charge in [0.25, 0.3) is 0 Å². The van der Waals surface area contributed by atoms with Gasteiger partial charge >= 0.3 is 12.0 Å². The van der Waals surface area contributed by atoms with Gasteiger partial charge in [0.1, 0.15) is 6.04 Å². The van der Waals surface area contributed by atoms with Crippen LogP contribution >= 0.6 is 0 Å². The molecule has 2 atom stereocenters. The summed E-state index contributed by atoms with van der Waals surface area (Å²) in [5.74, 6) is -1.02. The first-order valence-electron chi connectivity index (χ1n) is 6.58. The van der Waals surface area contributed by atoms with E-state index in [0.29, 0.717) is 6.54 Å². The number of amides is 2. The average Bonchev–Trinajstić information content (AvgIpc) is 2.75. The van der Waals surface area contributed by atoms with Gasteiger partial charge in [-0.1, -0.05) is 20.8 Å². The maximum atomic E-state index is 12.0. The third-order valence-corrected chi connectivity index (χ3v) is 3.23. The van der Waals surface area contributed by atoms with Crippen molar-refractivity contribution in [2.24, 2.45) is 5.41 Å². The largest absolute Gasteiger partial charge is 0.480 e. The van der Waals surface area contributed by atoms with Crippen molar-refractivity contribution < 1.29 is 19.4 Å². The quantitative estimate of drug-likeness (QED) is 0.808. The molecule has 2 amide bonds. The van der Waals surface area contributed by atoms with Gasteiger partial charge in [0.05, 0.1) is 6.10 Å². The molecule has 0 aromatic rings. The molecule has 110 valence electrons. The second-order valence-corrected chi connectivity index (χ2v) is 6.10. The van der Waals surface area contributed by atoms with E-state index >= 15 is 0 Å². The first-order chi connectivity index (χ1) is 8.71. The number of carboxylic acids is 1. The summed E-state index contributed by atoms with van der Waals surface area (Å²) in [5, 5.41) is 11.7. The van der Waals surface area contributed by atoms with E-state index in [0.717, 1.165) is 19.4 Å². The lowest BCUT2D eigenvalue weighted by molar-refractivity contribution is -0.142. The number of nitrogens with zero attached hydrogens (tertiary/aromatic N) is 1. The predicted molar refractivity (Wildman–Crippen MR) is 71.0 cm³/mol. The number of hydrogen-bond acceptors (Lipinski definition) is 3. The van der Waals surface area contributed by atoms with Crippen LogP contribution in [0, 0.1) is 5.41 Å². The molecule has 2 N–H and O–H groups in total. The monoisotopic (exact) mass is 272 g/mol. The minimum Gasteiger partial charge on any atom is -0.480 e. The maximum Gasteiger partial charge on any atom is 0.326 e. The number of carbonyl (C=O) groups is 2. The minimum absolute atomic E-state index is 0.0636. The summed E-state index contributed by atoms with van der Waals surface area (Å²) in [5.41, 5.74) is -0.536. The van der Waals surface area contributed by atoms with Crippen molar-refractivity contribution in [3.8, 4) is 0 Å². The molecule has 1 rings (SSSR count). The molecule has 0 aliphatic carbocycles. The Morgan fingerprint density at radius 3 is 2.53 bits per heavy atom. The topological polar surface area (TPSA) is 78.9 Å². The van der Waals surface area contributed by atoms with Gasteiger partial charge in [-0.3, -0.25) is 0 Å². The maximum absolute atomic E-state index is 12.0. The summed E-state index contributed by atoms with van der Waals surface area (Å²) < 4.78 is 5.46. The Hall–Kier alpha value is -1.30. The zero-order chi connectivity index (χ0) is 14.6. The fourth-order valence-electron chi connectivity index (χ4n) is 2.06. The fourth-order valence-corrected chi connectivity index (χ4v) is 2.06. The van der Waals surface area contributed by atoms with Crippen LogP contribution in [-0.2, 0) is 9.53 Å². The van der Waals surface area contributed by atoms with Gasteiger partial charge in [0.2, 0.25) is 0 Å². The summed E-state index contributed by atoms with van der Waals surface area (Å²) in [4.78, 5) is 24.7. The number of hydrogen-bond donors (Lipinski definition) is 2. The Labute approximate surface area is 114 Å². The van der Waals surface area contributed by atoms with Crippen molar-refractivity contribution in [1.82, 2.24) is 10.2 Å². The zero-order valence-corrected chi connectivity index (χ0v) is 12.1. The summed E-state index contributed by atoms with van der Waals surface area (Å²) >= 11 is 0. The van der Waals surface area contributed by atoms with E-state index in [-0.39, 0.29) is 12.1 Å².